The normalized spacial score (nSPS) is 9.93. The second-order valence-corrected chi connectivity index (χ2v) is 3.84. The zero-order valence-electron chi connectivity index (χ0n) is 9.92. The van der Waals surface area contributed by atoms with Crippen LogP contribution in [0.4, 0.5) is 5.69 Å². The number of esters is 1. The Hall–Kier alpha value is -1.51. The van der Waals surface area contributed by atoms with Gasteiger partial charge in [-0.05, 0) is 37.1 Å². The molecule has 0 heterocycles. The molecule has 1 aromatic rings. The summed E-state index contributed by atoms with van der Waals surface area (Å²) in [5.74, 6) is -0.268. The molecule has 1 rings (SSSR count). The van der Waals surface area contributed by atoms with E-state index in [2.05, 4.69) is 0 Å². The van der Waals surface area contributed by atoms with E-state index in [-0.39, 0.29) is 5.97 Å². The quantitative estimate of drug-likeness (QED) is 0.696. The first-order valence-corrected chi connectivity index (χ1v) is 4.84. The minimum Gasteiger partial charge on any atom is -0.465 e. The van der Waals surface area contributed by atoms with Gasteiger partial charge in [-0.15, -0.1) is 0 Å². The van der Waals surface area contributed by atoms with Crippen molar-refractivity contribution in [2.75, 3.05) is 26.1 Å². The van der Waals surface area contributed by atoms with Crippen LogP contribution in [0.25, 0.3) is 0 Å². The zero-order valence-corrected chi connectivity index (χ0v) is 9.92. The van der Waals surface area contributed by atoms with Crippen LogP contribution in [-0.4, -0.2) is 27.2 Å². The fourth-order valence-electron chi connectivity index (χ4n) is 1.62. The number of hydrogen-bond acceptors (Lipinski definition) is 3. The summed E-state index contributed by atoms with van der Waals surface area (Å²) in [4.78, 5) is 13.5. The van der Waals surface area contributed by atoms with Crippen LogP contribution in [0.15, 0.2) is 12.1 Å². The van der Waals surface area contributed by atoms with Crippen LogP contribution < -0.4 is 4.90 Å². The standard InChI is InChI=1S/C12H17NO2/c1-8-6-10(13(3)4)7-9(2)11(8)12(14)15-5/h6-7H,1-5H3. The molecule has 0 aliphatic carbocycles. The molecule has 15 heavy (non-hydrogen) atoms. The van der Waals surface area contributed by atoms with Crippen LogP contribution in [0.1, 0.15) is 21.5 Å². The average Bonchev–Trinajstić information content (AvgIpc) is 2.16. The van der Waals surface area contributed by atoms with Crippen LogP contribution in [-0.2, 0) is 4.74 Å². The van der Waals surface area contributed by atoms with Crippen molar-refractivity contribution in [2.24, 2.45) is 0 Å². The summed E-state index contributed by atoms with van der Waals surface area (Å²) in [6.45, 7) is 3.85. The smallest absolute Gasteiger partial charge is 0.338 e. The van der Waals surface area contributed by atoms with Crippen molar-refractivity contribution < 1.29 is 9.53 Å². The Kier molecular flexibility index (Phi) is 3.35. The second kappa shape index (κ2) is 4.34. The van der Waals surface area contributed by atoms with Gasteiger partial charge in [0.15, 0.2) is 0 Å². The molecule has 0 atom stereocenters. The van der Waals surface area contributed by atoms with E-state index in [1.54, 1.807) is 0 Å². The second-order valence-electron chi connectivity index (χ2n) is 3.84. The highest BCUT2D eigenvalue weighted by Gasteiger charge is 2.13. The Morgan fingerprint density at radius 1 is 1.20 bits per heavy atom. The number of aryl methyl sites for hydroxylation is 2. The third-order valence-electron chi connectivity index (χ3n) is 2.42. The Morgan fingerprint density at radius 2 is 1.67 bits per heavy atom. The van der Waals surface area contributed by atoms with Gasteiger partial charge in [0.25, 0.3) is 0 Å². The molecule has 3 nitrogen and oxygen atoms in total. The molecule has 0 radical (unpaired) electrons. The summed E-state index contributed by atoms with van der Waals surface area (Å²) in [6.07, 6.45) is 0. The molecule has 0 saturated carbocycles. The number of hydrogen-bond donors (Lipinski definition) is 0. The van der Waals surface area contributed by atoms with Crippen LogP contribution in [0, 0.1) is 13.8 Å². The first-order valence-electron chi connectivity index (χ1n) is 4.84. The maximum atomic E-state index is 11.5. The van der Waals surface area contributed by atoms with Crippen molar-refractivity contribution in [1.82, 2.24) is 0 Å². The van der Waals surface area contributed by atoms with Crippen molar-refractivity contribution in [3.05, 3.63) is 28.8 Å². The molecule has 0 bridgehead atoms. The third kappa shape index (κ3) is 2.29. The predicted molar refractivity (Wildman–Crippen MR) is 61.6 cm³/mol. The van der Waals surface area contributed by atoms with Crippen molar-refractivity contribution >= 4 is 11.7 Å². The minimum absolute atomic E-state index is 0.268. The summed E-state index contributed by atoms with van der Waals surface area (Å²) < 4.78 is 4.75. The summed E-state index contributed by atoms with van der Waals surface area (Å²) in [5, 5.41) is 0. The molecule has 0 amide bonds. The van der Waals surface area contributed by atoms with E-state index in [1.807, 2.05) is 45.0 Å². The van der Waals surface area contributed by atoms with Gasteiger partial charge in [0, 0.05) is 19.8 Å². The van der Waals surface area contributed by atoms with Gasteiger partial charge in [-0.1, -0.05) is 0 Å². The molecule has 0 unspecified atom stereocenters. The molecular formula is C12H17NO2. The lowest BCUT2D eigenvalue weighted by Gasteiger charge is -2.16. The highest BCUT2D eigenvalue weighted by molar-refractivity contribution is 5.93. The van der Waals surface area contributed by atoms with E-state index in [0.29, 0.717) is 5.56 Å². The minimum atomic E-state index is -0.268. The molecule has 0 spiro atoms. The van der Waals surface area contributed by atoms with Crippen molar-refractivity contribution in [3.8, 4) is 0 Å². The molecule has 0 aliphatic heterocycles. The summed E-state index contributed by atoms with van der Waals surface area (Å²) >= 11 is 0. The van der Waals surface area contributed by atoms with E-state index in [4.69, 9.17) is 4.74 Å². The van der Waals surface area contributed by atoms with E-state index in [1.165, 1.54) is 7.11 Å². The lowest BCUT2D eigenvalue weighted by Crippen LogP contribution is -2.12. The maximum Gasteiger partial charge on any atom is 0.338 e. The number of anilines is 1. The molecule has 82 valence electrons. The van der Waals surface area contributed by atoms with Gasteiger partial charge in [-0.25, -0.2) is 4.79 Å². The lowest BCUT2D eigenvalue weighted by molar-refractivity contribution is 0.0599. The van der Waals surface area contributed by atoms with E-state index in [0.717, 1.165) is 16.8 Å². The van der Waals surface area contributed by atoms with Gasteiger partial charge < -0.3 is 9.64 Å². The molecule has 0 aromatic heterocycles. The number of rotatable bonds is 2. The van der Waals surface area contributed by atoms with Crippen LogP contribution >= 0.6 is 0 Å². The number of ether oxygens (including phenoxy) is 1. The largest absolute Gasteiger partial charge is 0.465 e. The topological polar surface area (TPSA) is 29.5 Å². The number of methoxy groups -OCH3 is 1. The van der Waals surface area contributed by atoms with E-state index >= 15 is 0 Å². The Bertz CT molecular complexity index is 360. The van der Waals surface area contributed by atoms with Gasteiger partial charge in [0.05, 0.1) is 12.7 Å². The van der Waals surface area contributed by atoms with Crippen LogP contribution in [0.2, 0.25) is 0 Å². The molecular weight excluding hydrogens is 190 g/mol. The Morgan fingerprint density at radius 3 is 2.00 bits per heavy atom. The fraction of sp³-hybridized carbons (Fsp3) is 0.417. The molecule has 0 aliphatic rings. The number of benzene rings is 1. The molecule has 0 N–H and O–H groups in total. The highest BCUT2D eigenvalue weighted by Crippen LogP contribution is 2.22. The van der Waals surface area contributed by atoms with Crippen molar-refractivity contribution in [3.63, 3.8) is 0 Å². The third-order valence-corrected chi connectivity index (χ3v) is 2.42. The fourth-order valence-corrected chi connectivity index (χ4v) is 1.62. The average molecular weight is 207 g/mol. The van der Waals surface area contributed by atoms with Crippen molar-refractivity contribution in [2.45, 2.75) is 13.8 Å². The lowest BCUT2D eigenvalue weighted by atomic mass is 10.0. The van der Waals surface area contributed by atoms with E-state index < -0.39 is 0 Å². The zero-order chi connectivity index (χ0) is 11.6. The summed E-state index contributed by atoms with van der Waals surface area (Å²) in [5.41, 5.74) is 3.66. The monoisotopic (exact) mass is 207 g/mol. The molecule has 0 saturated heterocycles. The summed E-state index contributed by atoms with van der Waals surface area (Å²) in [6, 6.07) is 3.97. The van der Waals surface area contributed by atoms with Gasteiger partial charge >= 0.3 is 5.97 Å². The predicted octanol–water partition coefficient (Wildman–Crippen LogP) is 2.16. The first-order chi connectivity index (χ1) is 6.97. The van der Waals surface area contributed by atoms with Gasteiger partial charge in [0.2, 0.25) is 0 Å². The highest BCUT2D eigenvalue weighted by atomic mass is 16.5. The van der Waals surface area contributed by atoms with E-state index in [9.17, 15) is 4.79 Å². The Labute approximate surface area is 90.7 Å². The van der Waals surface area contributed by atoms with Gasteiger partial charge in [-0.3, -0.25) is 0 Å². The van der Waals surface area contributed by atoms with Gasteiger partial charge in [0.1, 0.15) is 0 Å². The molecule has 1 aromatic carbocycles. The van der Waals surface area contributed by atoms with Crippen molar-refractivity contribution in [1.29, 1.82) is 0 Å². The molecule has 3 heteroatoms. The number of carbonyl (C=O) groups excluding carboxylic acids is 1. The van der Waals surface area contributed by atoms with Gasteiger partial charge in [-0.2, -0.15) is 0 Å². The SMILES string of the molecule is COC(=O)c1c(C)cc(N(C)C)cc1C. The first kappa shape index (κ1) is 11.6. The van der Waals surface area contributed by atoms with Crippen LogP contribution in [0.5, 0.6) is 0 Å². The number of nitrogens with zero attached hydrogens (tertiary/aromatic N) is 1. The van der Waals surface area contributed by atoms with Crippen LogP contribution in [0.3, 0.4) is 0 Å². The molecule has 0 fully saturated rings. The Balaban J connectivity index is 3.27. The maximum absolute atomic E-state index is 11.5. The number of carbonyl (C=O) groups is 1. The summed E-state index contributed by atoms with van der Waals surface area (Å²) in [7, 11) is 5.36.